The molecule has 0 aliphatic carbocycles. The summed E-state index contributed by atoms with van der Waals surface area (Å²) >= 11 is 1.29. The van der Waals surface area contributed by atoms with Crippen molar-refractivity contribution < 1.29 is 4.79 Å². The highest BCUT2D eigenvalue weighted by Crippen LogP contribution is 2.26. The van der Waals surface area contributed by atoms with Gasteiger partial charge in [-0.25, -0.2) is 0 Å². The van der Waals surface area contributed by atoms with Gasteiger partial charge in [0.05, 0.1) is 6.20 Å². The summed E-state index contributed by atoms with van der Waals surface area (Å²) in [6, 6.07) is 9.62. The number of nitrogen functional groups attached to an aromatic ring is 1. The molecular weight excluding hydrogens is 276 g/mol. The third kappa shape index (κ3) is 2.36. The quantitative estimate of drug-likeness (QED) is 0.679. The molecule has 3 rings (SSSR count). The summed E-state index contributed by atoms with van der Waals surface area (Å²) in [7, 11) is 0. The predicted octanol–water partition coefficient (Wildman–Crippen LogP) is 1.76. The van der Waals surface area contributed by atoms with Crippen molar-refractivity contribution in [2.75, 3.05) is 11.1 Å². The van der Waals surface area contributed by atoms with E-state index < -0.39 is 0 Å². The monoisotopic (exact) mass is 286 g/mol. The van der Waals surface area contributed by atoms with Gasteiger partial charge in [0.1, 0.15) is 16.4 Å². The number of carbonyl (C=O) groups is 1. The molecule has 4 N–H and O–H groups in total. The highest BCUT2D eigenvalue weighted by molar-refractivity contribution is 7.18. The third-order valence-electron chi connectivity index (χ3n) is 2.58. The smallest absolute Gasteiger partial charge is 0.262 e. The van der Waals surface area contributed by atoms with Gasteiger partial charge in [0.25, 0.3) is 5.91 Å². The summed E-state index contributed by atoms with van der Waals surface area (Å²) in [6.07, 6.45) is 1.36. The second-order valence-electron chi connectivity index (χ2n) is 3.93. The Kier molecular flexibility index (Phi) is 3.13. The van der Waals surface area contributed by atoms with Crippen LogP contribution >= 0.6 is 11.3 Å². The van der Waals surface area contributed by atoms with Crippen molar-refractivity contribution in [1.82, 2.24) is 20.4 Å². The van der Waals surface area contributed by atoms with Crippen LogP contribution in [0.5, 0.6) is 0 Å². The predicted molar refractivity (Wildman–Crippen MR) is 76.3 cm³/mol. The van der Waals surface area contributed by atoms with Crippen molar-refractivity contribution >= 4 is 28.2 Å². The Balaban J connectivity index is 1.78. The number of benzene rings is 1. The molecule has 0 spiro atoms. The number of aromatic nitrogens is 4. The van der Waals surface area contributed by atoms with Gasteiger partial charge >= 0.3 is 0 Å². The van der Waals surface area contributed by atoms with Crippen LogP contribution in [-0.4, -0.2) is 26.3 Å². The Morgan fingerprint density at radius 1 is 1.25 bits per heavy atom. The first-order valence-corrected chi connectivity index (χ1v) is 6.55. The van der Waals surface area contributed by atoms with Crippen LogP contribution in [0.2, 0.25) is 0 Å². The van der Waals surface area contributed by atoms with Gasteiger partial charge < -0.3 is 5.73 Å². The molecule has 2 heterocycles. The van der Waals surface area contributed by atoms with E-state index in [4.69, 9.17) is 5.73 Å². The van der Waals surface area contributed by atoms with E-state index in [9.17, 15) is 4.79 Å². The van der Waals surface area contributed by atoms with Crippen molar-refractivity contribution in [3.8, 4) is 10.6 Å². The Bertz CT molecular complexity index is 735. The fraction of sp³-hybridized carbons (Fsp3) is 0. The number of nitrogens with one attached hydrogen (secondary N) is 2. The number of hydrogen-bond acceptors (Lipinski definition) is 6. The Hall–Kier alpha value is -2.74. The third-order valence-corrected chi connectivity index (χ3v) is 3.47. The molecule has 1 amide bonds. The molecule has 0 atom stereocenters. The number of nitrogens with two attached hydrogens (primary N) is 1. The van der Waals surface area contributed by atoms with Crippen molar-refractivity contribution in [3.05, 3.63) is 42.1 Å². The molecular formula is C12H10N6OS. The molecule has 0 unspecified atom stereocenters. The molecule has 7 nitrogen and oxygen atoms in total. The lowest BCUT2D eigenvalue weighted by molar-refractivity contribution is 0.102. The van der Waals surface area contributed by atoms with E-state index in [0.717, 1.165) is 10.6 Å². The van der Waals surface area contributed by atoms with Crippen LogP contribution in [0, 0.1) is 0 Å². The Morgan fingerprint density at radius 3 is 2.75 bits per heavy atom. The number of amides is 1. The summed E-state index contributed by atoms with van der Waals surface area (Å²) in [4.78, 5) is 11.9. The van der Waals surface area contributed by atoms with Crippen LogP contribution in [0.4, 0.5) is 10.9 Å². The highest BCUT2D eigenvalue weighted by Gasteiger charge is 2.14. The average molecular weight is 286 g/mol. The minimum absolute atomic E-state index is 0.218. The molecule has 20 heavy (non-hydrogen) atoms. The van der Waals surface area contributed by atoms with Gasteiger partial charge in [-0.3, -0.25) is 15.2 Å². The van der Waals surface area contributed by atoms with Crippen molar-refractivity contribution in [3.63, 3.8) is 0 Å². The lowest BCUT2D eigenvalue weighted by Gasteiger charge is -1.98. The van der Waals surface area contributed by atoms with E-state index in [-0.39, 0.29) is 17.3 Å². The van der Waals surface area contributed by atoms with Crippen LogP contribution in [-0.2, 0) is 0 Å². The van der Waals surface area contributed by atoms with Crippen LogP contribution in [0.3, 0.4) is 0 Å². The Morgan fingerprint density at radius 2 is 2.05 bits per heavy atom. The zero-order valence-electron chi connectivity index (χ0n) is 10.2. The molecule has 8 heteroatoms. The first-order chi connectivity index (χ1) is 9.74. The number of nitrogens with zero attached hydrogens (tertiary/aromatic N) is 3. The van der Waals surface area contributed by atoms with Gasteiger partial charge in [-0.2, -0.15) is 5.10 Å². The fourth-order valence-electron chi connectivity index (χ4n) is 1.61. The van der Waals surface area contributed by atoms with Crippen LogP contribution in [0.15, 0.2) is 36.5 Å². The van der Waals surface area contributed by atoms with E-state index in [0.29, 0.717) is 5.13 Å². The topological polar surface area (TPSA) is 110 Å². The van der Waals surface area contributed by atoms with Crippen molar-refractivity contribution in [1.29, 1.82) is 0 Å². The summed E-state index contributed by atoms with van der Waals surface area (Å²) in [5, 5.41) is 18.0. The van der Waals surface area contributed by atoms with Crippen molar-refractivity contribution in [2.24, 2.45) is 0 Å². The number of rotatable bonds is 3. The summed E-state index contributed by atoms with van der Waals surface area (Å²) < 4.78 is 0. The minimum Gasteiger partial charge on any atom is -0.383 e. The second kappa shape index (κ2) is 5.10. The molecule has 2 aromatic heterocycles. The maximum atomic E-state index is 11.9. The molecule has 0 saturated heterocycles. The van der Waals surface area contributed by atoms with Gasteiger partial charge in [-0.15, -0.1) is 10.2 Å². The van der Waals surface area contributed by atoms with Gasteiger partial charge in [0.15, 0.2) is 0 Å². The second-order valence-corrected chi connectivity index (χ2v) is 4.91. The maximum absolute atomic E-state index is 11.9. The Labute approximate surface area is 117 Å². The number of H-pyrrole nitrogens is 1. The van der Waals surface area contributed by atoms with E-state index in [1.165, 1.54) is 17.5 Å². The SMILES string of the molecule is Nc1[nH]ncc1C(=O)Nc1nnc(-c2ccccc2)s1. The van der Waals surface area contributed by atoms with Gasteiger partial charge in [0, 0.05) is 5.56 Å². The molecule has 0 aliphatic rings. The normalized spacial score (nSPS) is 10.4. The lowest BCUT2D eigenvalue weighted by Crippen LogP contribution is -2.12. The summed E-state index contributed by atoms with van der Waals surface area (Å²) in [5.41, 5.74) is 6.81. The fourth-order valence-corrected chi connectivity index (χ4v) is 2.36. The number of hydrogen-bond donors (Lipinski definition) is 3. The first kappa shape index (κ1) is 12.3. The van der Waals surface area contributed by atoms with E-state index >= 15 is 0 Å². The maximum Gasteiger partial charge on any atom is 0.262 e. The summed E-state index contributed by atoms with van der Waals surface area (Å²) in [6.45, 7) is 0. The zero-order chi connectivity index (χ0) is 13.9. The standard InChI is InChI=1S/C12H10N6OS/c13-9-8(6-14-16-9)10(19)15-12-18-17-11(20-12)7-4-2-1-3-5-7/h1-6H,(H3,13,14,16)(H,15,18,19). The molecule has 1 aromatic carbocycles. The largest absolute Gasteiger partial charge is 0.383 e. The highest BCUT2D eigenvalue weighted by atomic mass is 32.1. The van der Waals surface area contributed by atoms with Crippen molar-refractivity contribution in [2.45, 2.75) is 0 Å². The minimum atomic E-state index is -0.369. The number of aromatic amines is 1. The van der Waals surface area contributed by atoms with Crippen LogP contribution < -0.4 is 11.1 Å². The molecule has 0 fully saturated rings. The number of anilines is 2. The first-order valence-electron chi connectivity index (χ1n) is 5.73. The summed E-state index contributed by atoms with van der Waals surface area (Å²) in [5.74, 6) is -0.151. The van der Waals surface area contributed by atoms with Gasteiger partial charge in [-0.1, -0.05) is 41.7 Å². The average Bonchev–Trinajstić information content (AvgIpc) is 3.09. The van der Waals surface area contributed by atoms with Gasteiger partial charge in [-0.05, 0) is 0 Å². The van der Waals surface area contributed by atoms with E-state index in [2.05, 4.69) is 25.7 Å². The van der Waals surface area contributed by atoms with Crippen LogP contribution in [0.1, 0.15) is 10.4 Å². The van der Waals surface area contributed by atoms with Gasteiger partial charge in [0.2, 0.25) is 5.13 Å². The molecule has 3 aromatic rings. The number of carbonyl (C=O) groups excluding carboxylic acids is 1. The molecule has 100 valence electrons. The van der Waals surface area contributed by atoms with E-state index in [1.54, 1.807) is 0 Å². The molecule has 0 aliphatic heterocycles. The lowest BCUT2D eigenvalue weighted by atomic mass is 10.2. The molecule has 0 saturated carbocycles. The molecule has 0 bridgehead atoms. The van der Waals surface area contributed by atoms with E-state index in [1.807, 2.05) is 30.3 Å². The zero-order valence-corrected chi connectivity index (χ0v) is 11.0. The molecule has 0 radical (unpaired) electrons. The van der Waals surface area contributed by atoms with Crippen LogP contribution in [0.25, 0.3) is 10.6 Å².